The Hall–Kier alpha value is -1.49. The Morgan fingerprint density at radius 2 is 2.11 bits per heavy atom. The summed E-state index contributed by atoms with van der Waals surface area (Å²) in [4.78, 5) is 9.81. The molecule has 5 nitrogen and oxygen atoms in total. The zero-order valence-corrected chi connectivity index (χ0v) is 18.7. The van der Waals surface area contributed by atoms with E-state index in [4.69, 9.17) is 0 Å². The van der Waals surface area contributed by atoms with Crippen LogP contribution in [0.2, 0.25) is 0 Å². The van der Waals surface area contributed by atoms with E-state index < -0.39 is 6.61 Å². The second kappa shape index (κ2) is 12.1. The molecule has 0 aliphatic carbocycles. The summed E-state index contributed by atoms with van der Waals surface area (Å²) in [6.45, 7) is 2.19. The van der Waals surface area contributed by atoms with Crippen LogP contribution < -0.4 is 15.4 Å². The number of alkyl halides is 2. The standard InChI is InChI=1S/C18H24F2N4OS.HI/c1-4-14-11-23-16(26-14)7-8-22-18(21-3)24-10-13-9-12(2)5-6-15(13)25-17(19)20;/h5-6,9,11,17H,4,7-8,10H2,1-3H3,(H2,21,22,24);1H. The molecule has 27 heavy (non-hydrogen) atoms. The SMILES string of the molecule is CCc1cnc(CCNC(=NC)NCc2cc(C)ccc2OC(F)F)s1.I. The van der Waals surface area contributed by atoms with Crippen LogP contribution in [-0.2, 0) is 19.4 Å². The van der Waals surface area contributed by atoms with Gasteiger partial charge in [-0.05, 0) is 19.4 Å². The highest BCUT2D eigenvalue weighted by Gasteiger charge is 2.10. The first-order valence-electron chi connectivity index (χ1n) is 8.44. The maximum atomic E-state index is 12.5. The number of aryl methyl sites for hydroxylation is 2. The van der Waals surface area contributed by atoms with Crippen LogP contribution >= 0.6 is 35.3 Å². The fraction of sp³-hybridized carbons (Fsp3) is 0.444. The van der Waals surface area contributed by atoms with Gasteiger partial charge in [-0.1, -0.05) is 24.6 Å². The second-order valence-electron chi connectivity index (χ2n) is 5.67. The van der Waals surface area contributed by atoms with Crippen molar-refractivity contribution in [3.63, 3.8) is 0 Å². The Morgan fingerprint density at radius 3 is 2.74 bits per heavy atom. The van der Waals surface area contributed by atoms with Crippen molar-refractivity contribution >= 4 is 41.3 Å². The molecule has 0 fully saturated rings. The van der Waals surface area contributed by atoms with Crippen LogP contribution in [0.25, 0.3) is 0 Å². The molecule has 1 heterocycles. The lowest BCUT2D eigenvalue weighted by Crippen LogP contribution is -2.38. The fourth-order valence-corrected chi connectivity index (χ4v) is 3.23. The topological polar surface area (TPSA) is 58.5 Å². The highest BCUT2D eigenvalue weighted by atomic mass is 127. The number of hydrogen-bond donors (Lipinski definition) is 2. The monoisotopic (exact) mass is 510 g/mol. The minimum atomic E-state index is -2.85. The van der Waals surface area contributed by atoms with E-state index in [-0.39, 0.29) is 29.7 Å². The van der Waals surface area contributed by atoms with Gasteiger partial charge in [0.05, 0.1) is 5.01 Å². The number of nitrogens with one attached hydrogen (secondary N) is 2. The third kappa shape index (κ3) is 7.96. The lowest BCUT2D eigenvalue weighted by molar-refractivity contribution is -0.0504. The Morgan fingerprint density at radius 1 is 1.33 bits per heavy atom. The molecular weight excluding hydrogens is 485 g/mol. The Bertz CT molecular complexity index is 740. The highest BCUT2D eigenvalue weighted by Crippen LogP contribution is 2.22. The Labute approximate surface area is 179 Å². The predicted molar refractivity (Wildman–Crippen MR) is 117 cm³/mol. The van der Waals surface area contributed by atoms with Crippen molar-refractivity contribution in [3.8, 4) is 5.75 Å². The molecule has 0 atom stereocenters. The Kier molecular flexibility index (Phi) is 10.5. The molecule has 0 spiro atoms. The third-order valence-electron chi connectivity index (χ3n) is 3.68. The van der Waals surface area contributed by atoms with Crippen molar-refractivity contribution in [2.75, 3.05) is 13.6 Å². The summed E-state index contributed by atoms with van der Waals surface area (Å²) < 4.78 is 29.7. The quantitative estimate of drug-likeness (QED) is 0.319. The average molecular weight is 510 g/mol. The lowest BCUT2D eigenvalue weighted by Gasteiger charge is -2.15. The van der Waals surface area contributed by atoms with E-state index in [2.05, 4.69) is 32.3 Å². The Balaban J connectivity index is 0.00000364. The van der Waals surface area contributed by atoms with Gasteiger partial charge in [-0.25, -0.2) is 4.98 Å². The normalized spacial score (nSPS) is 11.3. The average Bonchev–Trinajstić information content (AvgIpc) is 3.07. The molecule has 9 heteroatoms. The van der Waals surface area contributed by atoms with Crippen molar-refractivity contribution in [3.05, 3.63) is 45.4 Å². The number of halogens is 3. The zero-order chi connectivity index (χ0) is 18.9. The molecule has 0 amide bonds. The van der Waals surface area contributed by atoms with Gasteiger partial charge in [0.2, 0.25) is 0 Å². The number of thiazole rings is 1. The molecule has 0 saturated heterocycles. The number of ether oxygens (including phenoxy) is 1. The maximum Gasteiger partial charge on any atom is 0.387 e. The molecular formula is C18H25F2IN4OS. The third-order valence-corrected chi connectivity index (χ3v) is 4.88. The van der Waals surface area contributed by atoms with Gasteiger partial charge in [0.15, 0.2) is 5.96 Å². The summed E-state index contributed by atoms with van der Waals surface area (Å²) in [6.07, 6.45) is 3.71. The van der Waals surface area contributed by atoms with Crippen LogP contribution in [0.5, 0.6) is 5.75 Å². The number of guanidine groups is 1. The summed E-state index contributed by atoms with van der Waals surface area (Å²) in [5.74, 6) is 0.769. The highest BCUT2D eigenvalue weighted by molar-refractivity contribution is 14.0. The minimum absolute atomic E-state index is 0. The molecule has 0 saturated carbocycles. The van der Waals surface area contributed by atoms with Gasteiger partial charge in [-0.3, -0.25) is 4.99 Å². The van der Waals surface area contributed by atoms with Crippen molar-refractivity contribution < 1.29 is 13.5 Å². The number of hydrogen-bond acceptors (Lipinski definition) is 4. The number of aromatic nitrogens is 1. The van der Waals surface area contributed by atoms with E-state index >= 15 is 0 Å². The molecule has 1 aromatic carbocycles. The van der Waals surface area contributed by atoms with Gasteiger partial charge in [-0.15, -0.1) is 35.3 Å². The molecule has 0 aliphatic rings. The van der Waals surface area contributed by atoms with E-state index in [0.717, 1.165) is 23.4 Å². The predicted octanol–water partition coefficient (Wildman–Crippen LogP) is 4.14. The van der Waals surface area contributed by atoms with Gasteiger partial charge in [0.25, 0.3) is 0 Å². The first kappa shape index (κ1) is 23.5. The van der Waals surface area contributed by atoms with Gasteiger partial charge < -0.3 is 15.4 Å². The molecule has 2 rings (SSSR count). The van der Waals surface area contributed by atoms with Crippen LogP contribution in [0.3, 0.4) is 0 Å². The van der Waals surface area contributed by atoms with E-state index in [0.29, 0.717) is 24.6 Å². The number of rotatable bonds is 8. The van der Waals surface area contributed by atoms with E-state index in [1.807, 2.05) is 19.2 Å². The van der Waals surface area contributed by atoms with Gasteiger partial charge in [0, 0.05) is 43.2 Å². The molecule has 2 aromatic rings. The van der Waals surface area contributed by atoms with Crippen molar-refractivity contribution in [2.24, 2.45) is 4.99 Å². The fourth-order valence-electron chi connectivity index (χ4n) is 2.37. The molecule has 2 N–H and O–H groups in total. The second-order valence-corrected chi connectivity index (χ2v) is 6.87. The summed E-state index contributed by atoms with van der Waals surface area (Å²) in [7, 11) is 1.67. The van der Waals surface area contributed by atoms with E-state index in [1.165, 1.54) is 4.88 Å². The van der Waals surface area contributed by atoms with E-state index in [1.54, 1.807) is 30.5 Å². The van der Waals surface area contributed by atoms with Crippen LogP contribution in [0.4, 0.5) is 8.78 Å². The van der Waals surface area contributed by atoms with Gasteiger partial charge in [-0.2, -0.15) is 8.78 Å². The number of benzene rings is 1. The van der Waals surface area contributed by atoms with Crippen LogP contribution in [0.15, 0.2) is 29.4 Å². The molecule has 1 aromatic heterocycles. The van der Waals surface area contributed by atoms with Crippen LogP contribution in [0, 0.1) is 6.92 Å². The summed E-state index contributed by atoms with van der Waals surface area (Å²) in [5.41, 5.74) is 1.63. The number of nitrogens with zero attached hydrogens (tertiary/aromatic N) is 2. The molecule has 150 valence electrons. The summed E-state index contributed by atoms with van der Waals surface area (Å²) >= 11 is 1.71. The summed E-state index contributed by atoms with van der Waals surface area (Å²) in [6, 6.07) is 5.12. The van der Waals surface area contributed by atoms with Gasteiger partial charge >= 0.3 is 6.61 Å². The molecule has 0 unspecified atom stereocenters. The first-order chi connectivity index (χ1) is 12.5. The smallest absolute Gasteiger partial charge is 0.387 e. The maximum absolute atomic E-state index is 12.5. The molecule has 0 bridgehead atoms. The van der Waals surface area contributed by atoms with Crippen molar-refractivity contribution in [2.45, 2.75) is 39.8 Å². The van der Waals surface area contributed by atoms with E-state index in [9.17, 15) is 8.78 Å². The molecule has 0 radical (unpaired) electrons. The lowest BCUT2D eigenvalue weighted by atomic mass is 10.1. The minimum Gasteiger partial charge on any atom is -0.434 e. The molecule has 0 aliphatic heterocycles. The van der Waals surface area contributed by atoms with Crippen molar-refractivity contribution in [1.82, 2.24) is 15.6 Å². The van der Waals surface area contributed by atoms with Crippen molar-refractivity contribution in [1.29, 1.82) is 0 Å². The first-order valence-corrected chi connectivity index (χ1v) is 9.26. The van der Waals surface area contributed by atoms with Gasteiger partial charge in [0.1, 0.15) is 5.75 Å². The largest absolute Gasteiger partial charge is 0.434 e. The van der Waals surface area contributed by atoms with Crippen LogP contribution in [0.1, 0.15) is 27.9 Å². The number of aliphatic imine (C=N–C) groups is 1. The van der Waals surface area contributed by atoms with Crippen LogP contribution in [-0.4, -0.2) is 31.1 Å². The zero-order valence-electron chi connectivity index (χ0n) is 15.6. The summed E-state index contributed by atoms with van der Waals surface area (Å²) in [5, 5.41) is 7.41.